The van der Waals surface area contributed by atoms with Gasteiger partial charge in [-0.2, -0.15) is 0 Å². The van der Waals surface area contributed by atoms with Crippen molar-refractivity contribution >= 4 is 11.8 Å². The number of benzene rings is 1. The molecule has 1 aromatic carbocycles. The Kier molecular flexibility index (Phi) is 7.45. The summed E-state index contributed by atoms with van der Waals surface area (Å²) < 4.78 is 31.1. The third-order valence-corrected chi connectivity index (χ3v) is 3.04. The standard InChI is InChI=1S/C15H20F2N2O3/c1-3-11(9-22-2)19-14(20)6-7-18-15(21)12-5-4-10(16)8-13(12)17/h4-5,8,11H,3,6-7,9H2,1-2H3,(H,18,21)(H,19,20). The Labute approximate surface area is 128 Å². The first-order valence-electron chi connectivity index (χ1n) is 6.99. The summed E-state index contributed by atoms with van der Waals surface area (Å²) in [6, 6.07) is 2.62. The van der Waals surface area contributed by atoms with Crippen molar-refractivity contribution in [2.45, 2.75) is 25.8 Å². The summed E-state index contributed by atoms with van der Waals surface area (Å²) in [6.45, 7) is 2.39. The van der Waals surface area contributed by atoms with Crippen molar-refractivity contribution in [2.24, 2.45) is 0 Å². The monoisotopic (exact) mass is 314 g/mol. The molecule has 0 radical (unpaired) electrons. The molecule has 0 spiro atoms. The smallest absolute Gasteiger partial charge is 0.254 e. The van der Waals surface area contributed by atoms with E-state index in [1.807, 2.05) is 6.92 Å². The molecule has 1 aromatic rings. The summed E-state index contributed by atoms with van der Waals surface area (Å²) in [7, 11) is 1.55. The molecule has 1 atom stereocenters. The van der Waals surface area contributed by atoms with Crippen LogP contribution in [0, 0.1) is 11.6 Å². The topological polar surface area (TPSA) is 67.4 Å². The highest BCUT2D eigenvalue weighted by Gasteiger charge is 2.13. The Hall–Kier alpha value is -2.02. The highest BCUT2D eigenvalue weighted by Crippen LogP contribution is 2.09. The number of amides is 2. The average Bonchev–Trinajstić information content (AvgIpc) is 2.46. The molecule has 0 bridgehead atoms. The van der Waals surface area contributed by atoms with Crippen LogP contribution >= 0.6 is 0 Å². The van der Waals surface area contributed by atoms with Crippen molar-refractivity contribution in [2.75, 3.05) is 20.3 Å². The lowest BCUT2D eigenvalue weighted by Crippen LogP contribution is -2.39. The van der Waals surface area contributed by atoms with Gasteiger partial charge in [-0.15, -0.1) is 0 Å². The van der Waals surface area contributed by atoms with Gasteiger partial charge in [-0.05, 0) is 18.6 Å². The Balaban J connectivity index is 2.40. The van der Waals surface area contributed by atoms with E-state index >= 15 is 0 Å². The van der Waals surface area contributed by atoms with E-state index in [0.29, 0.717) is 12.7 Å². The Morgan fingerprint density at radius 2 is 2.05 bits per heavy atom. The van der Waals surface area contributed by atoms with Gasteiger partial charge < -0.3 is 15.4 Å². The fraction of sp³-hybridized carbons (Fsp3) is 0.467. The Bertz CT molecular complexity index is 524. The first-order chi connectivity index (χ1) is 10.5. The molecule has 0 aliphatic carbocycles. The van der Waals surface area contributed by atoms with Crippen LogP contribution in [-0.2, 0) is 9.53 Å². The molecule has 5 nitrogen and oxygen atoms in total. The summed E-state index contributed by atoms with van der Waals surface area (Å²) in [5, 5.41) is 5.18. The van der Waals surface area contributed by atoms with Gasteiger partial charge in [-0.3, -0.25) is 9.59 Å². The van der Waals surface area contributed by atoms with E-state index < -0.39 is 17.5 Å². The van der Waals surface area contributed by atoms with Crippen LogP contribution in [0.25, 0.3) is 0 Å². The summed E-state index contributed by atoms with van der Waals surface area (Å²) in [5.74, 6) is -2.61. The molecule has 0 aromatic heterocycles. The van der Waals surface area contributed by atoms with Crippen LogP contribution in [0.5, 0.6) is 0 Å². The first kappa shape index (κ1) is 18.0. The van der Waals surface area contributed by atoms with Gasteiger partial charge >= 0.3 is 0 Å². The second-order valence-electron chi connectivity index (χ2n) is 4.76. The van der Waals surface area contributed by atoms with Gasteiger partial charge in [0.1, 0.15) is 11.6 Å². The van der Waals surface area contributed by atoms with E-state index in [4.69, 9.17) is 4.74 Å². The van der Waals surface area contributed by atoms with E-state index in [0.717, 1.165) is 18.6 Å². The van der Waals surface area contributed by atoms with E-state index in [2.05, 4.69) is 10.6 Å². The van der Waals surface area contributed by atoms with Crippen molar-refractivity contribution < 1.29 is 23.1 Å². The highest BCUT2D eigenvalue weighted by molar-refractivity contribution is 5.94. The predicted molar refractivity (Wildman–Crippen MR) is 77.4 cm³/mol. The molecule has 2 amide bonds. The van der Waals surface area contributed by atoms with Crippen LogP contribution in [0.2, 0.25) is 0 Å². The van der Waals surface area contributed by atoms with Gasteiger partial charge in [-0.1, -0.05) is 6.92 Å². The predicted octanol–water partition coefficient (Wildman–Crippen LogP) is 1.63. The molecule has 2 N–H and O–H groups in total. The molecule has 1 rings (SSSR count). The SMILES string of the molecule is CCC(COC)NC(=O)CCNC(=O)c1ccc(F)cc1F. The van der Waals surface area contributed by atoms with Crippen LogP contribution < -0.4 is 10.6 Å². The zero-order valence-corrected chi connectivity index (χ0v) is 12.6. The zero-order valence-electron chi connectivity index (χ0n) is 12.6. The van der Waals surface area contributed by atoms with Gasteiger partial charge in [0.2, 0.25) is 5.91 Å². The fourth-order valence-corrected chi connectivity index (χ4v) is 1.82. The van der Waals surface area contributed by atoms with Gasteiger partial charge in [-0.25, -0.2) is 8.78 Å². The van der Waals surface area contributed by atoms with Crippen molar-refractivity contribution in [1.82, 2.24) is 10.6 Å². The van der Waals surface area contributed by atoms with Gasteiger partial charge in [0, 0.05) is 26.1 Å². The minimum Gasteiger partial charge on any atom is -0.383 e. The molecule has 0 fully saturated rings. The lowest BCUT2D eigenvalue weighted by Gasteiger charge is -2.15. The van der Waals surface area contributed by atoms with Crippen molar-refractivity contribution in [1.29, 1.82) is 0 Å². The molecule has 122 valence electrons. The summed E-state index contributed by atoms with van der Waals surface area (Å²) in [6.07, 6.45) is 0.793. The number of ether oxygens (including phenoxy) is 1. The van der Waals surface area contributed by atoms with E-state index in [-0.39, 0.29) is 30.5 Å². The van der Waals surface area contributed by atoms with E-state index in [1.165, 1.54) is 0 Å². The average molecular weight is 314 g/mol. The zero-order chi connectivity index (χ0) is 16.5. The van der Waals surface area contributed by atoms with Crippen molar-refractivity contribution in [3.05, 3.63) is 35.4 Å². The molecule has 1 unspecified atom stereocenters. The Morgan fingerprint density at radius 1 is 1.32 bits per heavy atom. The molecule has 7 heteroatoms. The number of hydrogen-bond donors (Lipinski definition) is 2. The largest absolute Gasteiger partial charge is 0.383 e. The number of nitrogens with one attached hydrogen (secondary N) is 2. The number of carbonyl (C=O) groups is 2. The van der Waals surface area contributed by atoms with Crippen molar-refractivity contribution in [3.63, 3.8) is 0 Å². The maximum absolute atomic E-state index is 13.4. The van der Waals surface area contributed by atoms with E-state index in [9.17, 15) is 18.4 Å². The van der Waals surface area contributed by atoms with Gasteiger partial charge in [0.15, 0.2) is 0 Å². The Morgan fingerprint density at radius 3 is 2.64 bits per heavy atom. The van der Waals surface area contributed by atoms with Crippen LogP contribution in [-0.4, -0.2) is 38.1 Å². The number of carbonyl (C=O) groups excluding carboxylic acids is 2. The molecule has 22 heavy (non-hydrogen) atoms. The van der Waals surface area contributed by atoms with Crippen LogP contribution in [0.1, 0.15) is 30.1 Å². The van der Waals surface area contributed by atoms with Crippen molar-refractivity contribution in [3.8, 4) is 0 Å². The van der Waals surface area contributed by atoms with Crippen LogP contribution in [0.15, 0.2) is 18.2 Å². The van der Waals surface area contributed by atoms with Crippen LogP contribution in [0.4, 0.5) is 8.78 Å². The molecular formula is C15H20F2N2O3. The lowest BCUT2D eigenvalue weighted by atomic mass is 10.2. The van der Waals surface area contributed by atoms with E-state index in [1.54, 1.807) is 7.11 Å². The lowest BCUT2D eigenvalue weighted by molar-refractivity contribution is -0.122. The molecular weight excluding hydrogens is 294 g/mol. The fourth-order valence-electron chi connectivity index (χ4n) is 1.82. The van der Waals surface area contributed by atoms with Crippen LogP contribution in [0.3, 0.4) is 0 Å². The molecule has 0 saturated carbocycles. The summed E-state index contributed by atoms with van der Waals surface area (Å²) in [5.41, 5.74) is -0.257. The minimum absolute atomic E-state index is 0.0604. The summed E-state index contributed by atoms with van der Waals surface area (Å²) in [4.78, 5) is 23.4. The highest BCUT2D eigenvalue weighted by atomic mass is 19.1. The normalized spacial score (nSPS) is 11.8. The quantitative estimate of drug-likeness (QED) is 0.766. The first-order valence-corrected chi connectivity index (χ1v) is 6.99. The third-order valence-electron chi connectivity index (χ3n) is 3.04. The molecule has 0 aliphatic heterocycles. The number of halogens is 2. The minimum atomic E-state index is -0.937. The second kappa shape index (κ2) is 9.09. The maximum Gasteiger partial charge on any atom is 0.254 e. The maximum atomic E-state index is 13.4. The number of methoxy groups -OCH3 is 1. The van der Waals surface area contributed by atoms with Gasteiger partial charge in [0.25, 0.3) is 5.91 Å². The molecule has 0 aliphatic rings. The molecule has 0 heterocycles. The second-order valence-corrected chi connectivity index (χ2v) is 4.76. The van der Waals surface area contributed by atoms with Gasteiger partial charge in [0.05, 0.1) is 18.2 Å². The molecule has 0 saturated heterocycles. The number of rotatable bonds is 8. The number of hydrogen-bond acceptors (Lipinski definition) is 3. The third kappa shape index (κ3) is 5.77. The summed E-state index contributed by atoms with van der Waals surface area (Å²) >= 11 is 0.